The van der Waals surface area contributed by atoms with Crippen LogP contribution in [0.3, 0.4) is 0 Å². The third-order valence-corrected chi connectivity index (χ3v) is 5.94. The number of ether oxygens (including phenoxy) is 1. The molecule has 0 saturated carbocycles. The first-order valence-electron chi connectivity index (χ1n) is 10.9. The number of rotatable bonds is 10. The predicted octanol–water partition coefficient (Wildman–Crippen LogP) is 5.21. The van der Waals surface area contributed by atoms with E-state index in [9.17, 15) is 24.2 Å². The van der Waals surface area contributed by atoms with Gasteiger partial charge in [0.25, 0.3) is 0 Å². The van der Waals surface area contributed by atoms with Crippen LogP contribution >= 0.6 is 11.6 Å². The zero-order valence-corrected chi connectivity index (χ0v) is 19.4. The van der Waals surface area contributed by atoms with E-state index in [-0.39, 0.29) is 29.0 Å². The van der Waals surface area contributed by atoms with Gasteiger partial charge in [-0.2, -0.15) is 0 Å². The standard InChI is InChI=1S/C25H27ClFNO5/c1-3-5-8-17(14-29)28-13-19(25(31)32)24(30)18-11-16(22(33-4-2)12-21(18)28)10-15-7-6-9-20(26)23(15)27/h6-7,9,11-13,17,29H,3-5,8,10,14H2,1-2H3,(H,31,32)/t17-/m0/s1. The van der Waals surface area contributed by atoms with Crippen LogP contribution in [0.25, 0.3) is 10.9 Å². The van der Waals surface area contributed by atoms with Gasteiger partial charge in [0.1, 0.15) is 17.1 Å². The second-order valence-corrected chi connectivity index (χ2v) is 8.27. The fraction of sp³-hybridized carbons (Fsp3) is 0.360. The summed E-state index contributed by atoms with van der Waals surface area (Å²) in [5, 5.41) is 19.8. The molecular weight excluding hydrogens is 449 g/mol. The first-order chi connectivity index (χ1) is 15.8. The van der Waals surface area contributed by atoms with Crippen molar-refractivity contribution in [1.29, 1.82) is 0 Å². The Morgan fingerprint density at radius 3 is 2.64 bits per heavy atom. The van der Waals surface area contributed by atoms with Gasteiger partial charge in [-0.05, 0) is 36.6 Å². The zero-order valence-electron chi connectivity index (χ0n) is 18.6. The normalized spacial score (nSPS) is 12.2. The number of unbranched alkanes of at least 4 members (excludes halogenated alkanes) is 1. The Hall–Kier alpha value is -2.90. The van der Waals surface area contributed by atoms with Gasteiger partial charge in [0.2, 0.25) is 5.43 Å². The molecule has 33 heavy (non-hydrogen) atoms. The Morgan fingerprint density at radius 2 is 2.00 bits per heavy atom. The molecule has 176 valence electrons. The lowest BCUT2D eigenvalue weighted by Gasteiger charge is -2.23. The molecule has 3 rings (SSSR count). The van der Waals surface area contributed by atoms with Gasteiger partial charge in [-0.15, -0.1) is 0 Å². The second-order valence-electron chi connectivity index (χ2n) is 7.86. The van der Waals surface area contributed by atoms with Crippen LogP contribution < -0.4 is 10.2 Å². The summed E-state index contributed by atoms with van der Waals surface area (Å²) in [4.78, 5) is 24.9. The third-order valence-electron chi connectivity index (χ3n) is 5.65. The van der Waals surface area contributed by atoms with Gasteiger partial charge in [-0.3, -0.25) is 4.79 Å². The molecule has 0 fully saturated rings. The van der Waals surface area contributed by atoms with E-state index in [2.05, 4.69) is 0 Å². The number of carbonyl (C=O) groups is 1. The van der Waals surface area contributed by atoms with Gasteiger partial charge < -0.3 is 19.5 Å². The minimum Gasteiger partial charge on any atom is -0.494 e. The molecule has 0 radical (unpaired) electrons. The predicted molar refractivity (Wildman–Crippen MR) is 126 cm³/mol. The van der Waals surface area contributed by atoms with E-state index in [1.807, 2.05) is 13.8 Å². The smallest absolute Gasteiger partial charge is 0.341 e. The molecule has 0 amide bonds. The number of aromatic nitrogens is 1. The van der Waals surface area contributed by atoms with Gasteiger partial charge >= 0.3 is 5.97 Å². The van der Waals surface area contributed by atoms with Crippen molar-refractivity contribution in [3.8, 4) is 5.75 Å². The van der Waals surface area contributed by atoms with Crippen molar-refractivity contribution in [2.24, 2.45) is 0 Å². The first-order valence-corrected chi connectivity index (χ1v) is 11.3. The molecule has 1 heterocycles. The van der Waals surface area contributed by atoms with Crippen molar-refractivity contribution in [3.05, 3.63) is 74.3 Å². The quantitative estimate of drug-likeness (QED) is 0.420. The molecule has 0 aliphatic heterocycles. The van der Waals surface area contributed by atoms with Crippen LogP contribution in [0.15, 0.2) is 41.3 Å². The first kappa shape index (κ1) is 24.7. The molecule has 0 saturated heterocycles. The van der Waals surface area contributed by atoms with Crippen LogP contribution in [0.4, 0.5) is 4.39 Å². The number of hydrogen-bond acceptors (Lipinski definition) is 4. The molecule has 0 spiro atoms. The van der Waals surface area contributed by atoms with E-state index in [4.69, 9.17) is 16.3 Å². The largest absolute Gasteiger partial charge is 0.494 e. The van der Waals surface area contributed by atoms with E-state index in [0.717, 1.165) is 12.8 Å². The summed E-state index contributed by atoms with van der Waals surface area (Å²) < 4.78 is 22.0. The molecule has 2 N–H and O–H groups in total. The number of nitrogens with zero attached hydrogens (tertiary/aromatic N) is 1. The molecule has 0 bridgehead atoms. The highest BCUT2D eigenvalue weighted by molar-refractivity contribution is 6.30. The third kappa shape index (κ3) is 5.20. The number of carboxylic acids is 1. The lowest BCUT2D eigenvalue weighted by atomic mass is 9.99. The van der Waals surface area contributed by atoms with Gasteiger partial charge in [0, 0.05) is 24.1 Å². The number of halogens is 2. The summed E-state index contributed by atoms with van der Waals surface area (Å²) in [5.74, 6) is -1.45. The Morgan fingerprint density at radius 1 is 1.24 bits per heavy atom. The van der Waals surface area contributed by atoms with E-state index in [1.165, 1.54) is 12.3 Å². The number of aliphatic hydroxyl groups is 1. The van der Waals surface area contributed by atoms with Crippen LogP contribution in [-0.2, 0) is 6.42 Å². The van der Waals surface area contributed by atoms with Crippen LogP contribution in [0, 0.1) is 5.82 Å². The number of fused-ring (bicyclic) bond motifs is 1. The molecule has 0 unspecified atom stereocenters. The number of aliphatic hydroxyl groups excluding tert-OH is 1. The maximum atomic E-state index is 14.6. The molecule has 1 atom stereocenters. The van der Waals surface area contributed by atoms with Crippen molar-refractivity contribution in [2.75, 3.05) is 13.2 Å². The van der Waals surface area contributed by atoms with Crippen LogP contribution in [-0.4, -0.2) is 34.0 Å². The monoisotopic (exact) mass is 475 g/mol. The fourth-order valence-electron chi connectivity index (χ4n) is 3.95. The van der Waals surface area contributed by atoms with Crippen LogP contribution in [0.2, 0.25) is 5.02 Å². The van der Waals surface area contributed by atoms with Crippen molar-refractivity contribution < 1.29 is 24.1 Å². The van der Waals surface area contributed by atoms with Crippen molar-refractivity contribution in [3.63, 3.8) is 0 Å². The Bertz CT molecular complexity index is 1220. The lowest BCUT2D eigenvalue weighted by molar-refractivity contribution is 0.0694. The molecule has 6 nitrogen and oxygen atoms in total. The second kappa shape index (κ2) is 10.8. The van der Waals surface area contributed by atoms with Crippen molar-refractivity contribution in [2.45, 2.75) is 45.6 Å². The molecule has 3 aromatic rings. The van der Waals surface area contributed by atoms with Crippen molar-refractivity contribution in [1.82, 2.24) is 4.57 Å². The van der Waals surface area contributed by atoms with Crippen LogP contribution in [0.1, 0.15) is 60.6 Å². The number of aromatic carboxylic acids is 1. The number of hydrogen-bond donors (Lipinski definition) is 2. The van der Waals surface area contributed by atoms with Gasteiger partial charge in [-0.1, -0.05) is 43.5 Å². The van der Waals surface area contributed by atoms with Gasteiger partial charge in [0.15, 0.2) is 0 Å². The van der Waals surface area contributed by atoms with E-state index < -0.39 is 23.3 Å². The maximum Gasteiger partial charge on any atom is 0.341 e. The van der Waals surface area contributed by atoms with E-state index in [1.54, 1.807) is 28.8 Å². The van der Waals surface area contributed by atoms with E-state index in [0.29, 0.717) is 35.4 Å². The van der Waals surface area contributed by atoms with Gasteiger partial charge in [-0.25, -0.2) is 9.18 Å². The highest BCUT2D eigenvalue weighted by Crippen LogP contribution is 2.31. The number of pyridine rings is 1. The minimum atomic E-state index is -1.35. The highest BCUT2D eigenvalue weighted by Gasteiger charge is 2.21. The summed E-state index contributed by atoms with van der Waals surface area (Å²) >= 11 is 5.92. The lowest BCUT2D eigenvalue weighted by Crippen LogP contribution is -2.23. The average Bonchev–Trinajstić information content (AvgIpc) is 2.79. The van der Waals surface area contributed by atoms with E-state index >= 15 is 0 Å². The highest BCUT2D eigenvalue weighted by atomic mass is 35.5. The summed E-state index contributed by atoms with van der Waals surface area (Å²) in [6.45, 7) is 3.96. The Labute approximate surface area is 196 Å². The molecular formula is C25H27ClFNO5. The fourth-order valence-corrected chi connectivity index (χ4v) is 4.15. The van der Waals surface area contributed by atoms with Gasteiger partial charge in [0.05, 0.1) is 29.8 Å². The summed E-state index contributed by atoms with van der Waals surface area (Å²) in [6.07, 6.45) is 3.73. The minimum absolute atomic E-state index is 0.0107. The van der Waals surface area contributed by atoms with Crippen LogP contribution in [0.5, 0.6) is 5.75 Å². The molecule has 2 aromatic carbocycles. The topological polar surface area (TPSA) is 88.8 Å². The number of benzene rings is 2. The molecule has 0 aliphatic carbocycles. The zero-order chi connectivity index (χ0) is 24.1. The molecule has 8 heteroatoms. The molecule has 1 aromatic heterocycles. The number of carboxylic acid groups (broad SMARTS) is 1. The summed E-state index contributed by atoms with van der Waals surface area (Å²) in [5.41, 5.74) is 0.289. The SMILES string of the molecule is CCCC[C@@H](CO)n1cc(C(=O)O)c(=O)c2cc(Cc3cccc(Cl)c3F)c(OCC)cc21. The Kier molecular flexibility index (Phi) is 8.10. The Balaban J connectivity index is 2.28. The average molecular weight is 476 g/mol. The molecule has 0 aliphatic rings. The summed E-state index contributed by atoms with van der Waals surface area (Å²) in [6, 6.07) is 7.50. The maximum absolute atomic E-state index is 14.6. The summed E-state index contributed by atoms with van der Waals surface area (Å²) in [7, 11) is 0. The van der Waals surface area contributed by atoms with Crippen molar-refractivity contribution >= 4 is 28.5 Å².